The van der Waals surface area contributed by atoms with Crippen LogP contribution in [0.3, 0.4) is 0 Å². The Morgan fingerprint density at radius 1 is 1.15 bits per heavy atom. The van der Waals surface area contributed by atoms with Crippen molar-refractivity contribution < 1.29 is 8.42 Å². The molecule has 2 rings (SSSR count). The highest BCUT2D eigenvalue weighted by atomic mass is 35.5. The molecule has 7 heteroatoms. The molecule has 0 spiro atoms. The van der Waals surface area contributed by atoms with Crippen molar-refractivity contribution in [3.05, 3.63) is 52.2 Å². The summed E-state index contributed by atoms with van der Waals surface area (Å²) >= 11 is 1.73. The van der Waals surface area contributed by atoms with E-state index in [2.05, 4.69) is 16.8 Å². The van der Waals surface area contributed by atoms with Gasteiger partial charge in [-0.05, 0) is 42.1 Å². The minimum Gasteiger partial charge on any atom is -0.312 e. The van der Waals surface area contributed by atoms with Crippen LogP contribution in [0, 0.1) is 0 Å². The van der Waals surface area contributed by atoms with Crippen molar-refractivity contribution in [3.8, 4) is 0 Å². The number of rotatable bonds is 6. The molecule has 110 valence electrons. The lowest BCUT2D eigenvalue weighted by molar-refractivity contribution is 0.597. The van der Waals surface area contributed by atoms with Gasteiger partial charge in [0.2, 0.25) is 10.0 Å². The molecule has 0 fully saturated rings. The van der Waals surface area contributed by atoms with E-state index in [9.17, 15) is 8.42 Å². The van der Waals surface area contributed by atoms with Crippen LogP contribution in [0.1, 0.15) is 10.4 Å². The molecule has 1 aromatic heterocycles. The Kier molecular flexibility index (Phi) is 6.64. The number of sulfonamides is 1. The van der Waals surface area contributed by atoms with E-state index >= 15 is 0 Å². The van der Waals surface area contributed by atoms with E-state index in [0.29, 0.717) is 0 Å². The number of thiophene rings is 1. The molecule has 4 nitrogen and oxygen atoms in total. The first-order valence-corrected chi connectivity index (χ1v) is 8.33. The second kappa shape index (κ2) is 7.75. The van der Waals surface area contributed by atoms with Gasteiger partial charge in [0.15, 0.2) is 0 Å². The van der Waals surface area contributed by atoms with Crippen molar-refractivity contribution in [3.63, 3.8) is 0 Å². The predicted octanol–water partition coefficient (Wildman–Crippen LogP) is 2.15. The number of primary sulfonamides is 1. The molecule has 0 amide bonds. The smallest absolute Gasteiger partial charge is 0.238 e. The predicted molar refractivity (Wildman–Crippen MR) is 84.8 cm³/mol. The number of hydrogen-bond donors (Lipinski definition) is 2. The van der Waals surface area contributed by atoms with Gasteiger partial charge in [0.25, 0.3) is 0 Å². The lowest BCUT2D eigenvalue weighted by Gasteiger charge is -2.04. The van der Waals surface area contributed by atoms with Crippen molar-refractivity contribution in [2.75, 3.05) is 6.54 Å². The third kappa shape index (κ3) is 5.22. The van der Waals surface area contributed by atoms with Crippen molar-refractivity contribution in [1.29, 1.82) is 0 Å². The quantitative estimate of drug-likeness (QED) is 0.796. The van der Waals surface area contributed by atoms with Gasteiger partial charge >= 0.3 is 0 Å². The summed E-state index contributed by atoms with van der Waals surface area (Å²) in [7, 11) is -3.59. The molecule has 0 saturated heterocycles. The summed E-state index contributed by atoms with van der Waals surface area (Å²) < 4.78 is 22.2. The molecule has 0 aliphatic rings. The first-order chi connectivity index (χ1) is 9.05. The Morgan fingerprint density at radius 3 is 2.40 bits per heavy atom. The zero-order valence-electron chi connectivity index (χ0n) is 10.8. The van der Waals surface area contributed by atoms with Gasteiger partial charge in [0.05, 0.1) is 4.90 Å². The minimum absolute atomic E-state index is 0. The van der Waals surface area contributed by atoms with Crippen LogP contribution in [0.25, 0.3) is 0 Å². The molecule has 0 radical (unpaired) electrons. The molecule has 1 heterocycles. The normalized spacial score (nSPS) is 11.1. The largest absolute Gasteiger partial charge is 0.312 e. The molecular weight excluding hydrogens is 316 g/mol. The Morgan fingerprint density at radius 2 is 1.85 bits per heavy atom. The van der Waals surface area contributed by atoms with Gasteiger partial charge in [-0.2, -0.15) is 0 Å². The summed E-state index contributed by atoms with van der Waals surface area (Å²) in [4.78, 5) is 1.47. The summed E-state index contributed by atoms with van der Waals surface area (Å²) in [6.07, 6.45) is 0.857. The maximum Gasteiger partial charge on any atom is 0.238 e. The number of nitrogens with one attached hydrogen (secondary N) is 1. The average Bonchev–Trinajstić information content (AvgIpc) is 2.87. The molecule has 0 saturated carbocycles. The van der Waals surface area contributed by atoms with Crippen LogP contribution in [0.5, 0.6) is 0 Å². The fourth-order valence-corrected chi connectivity index (χ4v) is 2.89. The van der Waals surface area contributed by atoms with Crippen LogP contribution < -0.4 is 10.5 Å². The maximum absolute atomic E-state index is 11.1. The van der Waals surface area contributed by atoms with E-state index < -0.39 is 10.0 Å². The fraction of sp³-hybridized carbons (Fsp3) is 0.231. The Balaban J connectivity index is 0.00000200. The topological polar surface area (TPSA) is 72.2 Å². The van der Waals surface area contributed by atoms with Crippen LogP contribution in [-0.4, -0.2) is 15.0 Å². The molecule has 1 aromatic carbocycles. The number of hydrogen-bond acceptors (Lipinski definition) is 4. The number of halogens is 1. The highest BCUT2D eigenvalue weighted by Crippen LogP contribution is 2.10. The van der Waals surface area contributed by atoms with Crippen molar-refractivity contribution in [2.45, 2.75) is 17.9 Å². The summed E-state index contributed by atoms with van der Waals surface area (Å²) in [5, 5.41) is 10.5. The number of benzene rings is 1. The zero-order valence-corrected chi connectivity index (χ0v) is 13.2. The highest BCUT2D eigenvalue weighted by molar-refractivity contribution is 7.89. The molecule has 2 aromatic rings. The van der Waals surface area contributed by atoms with Gasteiger partial charge in [0, 0.05) is 11.4 Å². The molecule has 0 aliphatic carbocycles. The highest BCUT2D eigenvalue weighted by Gasteiger charge is 2.06. The molecule has 3 N–H and O–H groups in total. The van der Waals surface area contributed by atoms with Gasteiger partial charge in [-0.25, -0.2) is 13.6 Å². The summed E-state index contributed by atoms with van der Waals surface area (Å²) in [6, 6.07) is 10.8. The summed E-state index contributed by atoms with van der Waals surface area (Å²) in [5.41, 5.74) is 1.09. The fourth-order valence-electron chi connectivity index (χ4n) is 1.70. The molecule has 20 heavy (non-hydrogen) atoms. The van der Waals surface area contributed by atoms with Crippen LogP contribution in [-0.2, 0) is 23.0 Å². The van der Waals surface area contributed by atoms with Gasteiger partial charge < -0.3 is 5.32 Å². The van der Waals surface area contributed by atoms with E-state index in [1.807, 2.05) is 6.07 Å². The first kappa shape index (κ1) is 17.1. The lowest BCUT2D eigenvalue weighted by Crippen LogP contribution is -2.16. The first-order valence-electron chi connectivity index (χ1n) is 5.90. The van der Waals surface area contributed by atoms with Crippen LogP contribution >= 0.6 is 23.7 Å². The van der Waals surface area contributed by atoms with Gasteiger partial charge in [-0.15, -0.1) is 23.7 Å². The standard InChI is InChI=1S/C13H16N2O2S2.ClH/c14-19(16,17)13-5-3-11(4-6-13)7-8-15-10-12-2-1-9-18-12;/h1-6,9,15H,7-8,10H2,(H2,14,16,17);1H. The van der Waals surface area contributed by atoms with Gasteiger partial charge in [-0.3, -0.25) is 0 Å². The Bertz CT molecular complexity index is 610. The summed E-state index contributed by atoms with van der Waals surface area (Å²) in [6.45, 7) is 1.72. The van der Waals surface area contributed by atoms with Gasteiger partial charge in [0.1, 0.15) is 0 Å². The Hall–Kier alpha value is -0.920. The van der Waals surface area contributed by atoms with E-state index in [-0.39, 0.29) is 17.3 Å². The van der Waals surface area contributed by atoms with Gasteiger partial charge in [-0.1, -0.05) is 18.2 Å². The lowest BCUT2D eigenvalue weighted by atomic mass is 10.1. The second-order valence-corrected chi connectivity index (χ2v) is 6.79. The van der Waals surface area contributed by atoms with Crippen LogP contribution in [0.4, 0.5) is 0 Å². The van der Waals surface area contributed by atoms with Crippen molar-refractivity contribution >= 4 is 33.8 Å². The third-order valence-corrected chi connectivity index (χ3v) is 4.53. The number of nitrogens with two attached hydrogens (primary N) is 1. The Labute approximate surface area is 129 Å². The maximum atomic E-state index is 11.1. The molecule has 0 atom stereocenters. The van der Waals surface area contributed by atoms with E-state index in [0.717, 1.165) is 25.1 Å². The van der Waals surface area contributed by atoms with Crippen LogP contribution in [0.2, 0.25) is 0 Å². The monoisotopic (exact) mass is 332 g/mol. The van der Waals surface area contributed by atoms with E-state index in [4.69, 9.17) is 5.14 Å². The molecule has 0 aliphatic heterocycles. The molecular formula is C13H17ClN2O2S2. The molecule has 0 bridgehead atoms. The minimum atomic E-state index is -3.59. The third-order valence-electron chi connectivity index (χ3n) is 2.72. The van der Waals surface area contributed by atoms with E-state index in [1.165, 1.54) is 4.88 Å². The average molecular weight is 333 g/mol. The second-order valence-electron chi connectivity index (χ2n) is 4.20. The van der Waals surface area contributed by atoms with Crippen LogP contribution in [0.15, 0.2) is 46.7 Å². The zero-order chi connectivity index (χ0) is 13.7. The summed E-state index contributed by atoms with van der Waals surface area (Å²) in [5.74, 6) is 0. The van der Waals surface area contributed by atoms with E-state index in [1.54, 1.807) is 35.6 Å². The molecule has 0 unspecified atom stereocenters. The van der Waals surface area contributed by atoms with Crippen molar-refractivity contribution in [2.24, 2.45) is 5.14 Å². The SMILES string of the molecule is Cl.NS(=O)(=O)c1ccc(CCNCc2cccs2)cc1. The van der Waals surface area contributed by atoms with Crippen molar-refractivity contribution in [1.82, 2.24) is 5.32 Å².